The Morgan fingerprint density at radius 2 is 1.83 bits per heavy atom. The highest BCUT2D eigenvalue weighted by Gasteiger charge is 2.21. The summed E-state index contributed by atoms with van der Waals surface area (Å²) in [4.78, 5) is 9.74. The highest BCUT2D eigenvalue weighted by atomic mass is 19.2. The molecule has 0 amide bonds. The van der Waals surface area contributed by atoms with Crippen LogP contribution in [0.3, 0.4) is 0 Å². The average Bonchev–Trinajstić information content (AvgIpc) is 2.57. The lowest BCUT2D eigenvalue weighted by Crippen LogP contribution is -2.05. The van der Waals surface area contributed by atoms with E-state index in [0.29, 0.717) is 12.1 Å². The zero-order valence-electron chi connectivity index (χ0n) is 19.4. The molecule has 0 N–H and O–H groups in total. The van der Waals surface area contributed by atoms with E-state index in [-0.39, 0.29) is 12.1 Å². The Labute approximate surface area is 145 Å². The Hall–Kier alpha value is -2.97. The van der Waals surface area contributed by atoms with Crippen LogP contribution in [-0.4, -0.2) is 19.0 Å². The van der Waals surface area contributed by atoms with Crippen molar-refractivity contribution in [2.75, 3.05) is 14.1 Å². The molecule has 0 heterocycles. The van der Waals surface area contributed by atoms with Crippen molar-refractivity contribution >= 4 is 5.69 Å². The zero-order chi connectivity index (χ0) is 24.6. The van der Waals surface area contributed by atoms with E-state index in [1.807, 2.05) is 0 Å². The highest BCUT2D eigenvalue weighted by Crippen LogP contribution is 2.35. The Balaban J connectivity index is 2.67. The molecule has 0 saturated heterocycles. The normalized spacial score (nSPS) is 17.0. The first-order chi connectivity index (χ1) is 14.4. The zero-order valence-corrected chi connectivity index (χ0v) is 11.4. The van der Waals surface area contributed by atoms with Crippen LogP contribution in [0.4, 0.5) is 18.9 Å². The van der Waals surface area contributed by atoms with Crippen molar-refractivity contribution in [1.29, 1.82) is 0 Å². The summed E-state index contributed by atoms with van der Waals surface area (Å²) >= 11 is 0. The molecule has 0 spiro atoms. The maximum atomic E-state index is 14.4. The lowest BCUT2D eigenvalue weighted by atomic mass is 10.2. The molecule has 0 atom stereocenters. The number of hydrogen-bond donors (Lipinski definition) is 0. The van der Waals surface area contributed by atoms with Gasteiger partial charge in [-0.1, -0.05) is 0 Å². The number of nitro groups is 1. The number of nitro benzene ring substituents is 1. The maximum Gasteiger partial charge on any atom is 0.308 e. The summed E-state index contributed by atoms with van der Waals surface area (Å²) in [5, 5.41) is 11.0. The van der Waals surface area contributed by atoms with E-state index in [2.05, 4.69) is 9.47 Å². The van der Waals surface area contributed by atoms with Gasteiger partial charge in [0, 0.05) is 6.07 Å². The second-order valence-corrected chi connectivity index (χ2v) is 4.15. The predicted molar refractivity (Wildman–Crippen MR) is 76.8 cm³/mol. The number of hydrogen-bond acceptors (Lipinski definition) is 5. The first kappa shape index (κ1) is 9.36. The van der Waals surface area contributed by atoms with Crippen molar-refractivity contribution in [3.8, 4) is 17.2 Å². The molecule has 9 heteroatoms. The molecule has 6 nitrogen and oxygen atoms in total. The molecular formula is C15H12F3NO5. The molecular weight excluding hydrogens is 331 g/mol. The molecule has 0 aliphatic heterocycles. The van der Waals surface area contributed by atoms with Gasteiger partial charge in [0.25, 0.3) is 0 Å². The van der Waals surface area contributed by atoms with E-state index in [9.17, 15) is 23.3 Å². The van der Waals surface area contributed by atoms with Crippen molar-refractivity contribution in [2.45, 2.75) is 6.56 Å². The molecule has 0 aliphatic rings. The number of methoxy groups -OCH3 is 2. The molecule has 0 aliphatic carbocycles. The van der Waals surface area contributed by atoms with Crippen molar-refractivity contribution in [2.24, 2.45) is 0 Å². The standard InChI is InChI=1S/C15H12F3NO5/c1-22-12-4-3-9(16)15(18)8(12)7-24-14-6-11(19(20)21)10(17)5-13(14)23-2/h3-6H,7H2,1-2H3/i1D3,2D3,7D2. The van der Waals surface area contributed by atoms with Gasteiger partial charge in [-0.05, 0) is 12.1 Å². The van der Waals surface area contributed by atoms with E-state index in [1.165, 1.54) is 0 Å². The van der Waals surface area contributed by atoms with Gasteiger partial charge in [-0.2, -0.15) is 4.39 Å². The molecule has 128 valence electrons. The Bertz CT molecular complexity index is 1050. The van der Waals surface area contributed by atoms with Crippen molar-refractivity contribution in [1.82, 2.24) is 0 Å². The lowest BCUT2D eigenvalue weighted by molar-refractivity contribution is -0.387. The predicted octanol–water partition coefficient (Wildman–Crippen LogP) is 3.61. The van der Waals surface area contributed by atoms with Crippen LogP contribution in [0.5, 0.6) is 17.2 Å². The molecule has 2 aromatic carbocycles. The molecule has 2 aromatic rings. The smallest absolute Gasteiger partial charge is 0.308 e. The fourth-order valence-corrected chi connectivity index (χ4v) is 1.64. The maximum absolute atomic E-state index is 14.4. The highest BCUT2D eigenvalue weighted by molar-refractivity contribution is 5.50. The number of benzene rings is 2. The molecule has 0 fully saturated rings. The second-order valence-electron chi connectivity index (χ2n) is 4.15. The number of halogens is 3. The van der Waals surface area contributed by atoms with Crippen LogP contribution in [-0.2, 0) is 6.56 Å². The first-order valence-electron chi connectivity index (χ1n) is 9.95. The van der Waals surface area contributed by atoms with Gasteiger partial charge < -0.3 is 14.2 Å². The van der Waals surface area contributed by atoms with Gasteiger partial charge in [0.2, 0.25) is 5.82 Å². The fraction of sp³-hybridized carbons (Fsp3) is 0.200. The van der Waals surface area contributed by atoms with Crippen molar-refractivity contribution < 1.29 is 43.3 Å². The van der Waals surface area contributed by atoms with E-state index in [4.69, 9.17) is 15.7 Å². The van der Waals surface area contributed by atoms with Gasteiger partial charge in [0.1, 0.15) is 12.3 Å². The summed E-state index contributed by atoms with van der Waals surface area (Å²) in [6.07, 6.45) is 0. The monoisotopic (exact) mass is 351 g/mol. The summed E-state index contributed by atoms with van der Waals surface area (Å²) < 4.78 is 114. The quantitative estimate of drug-likeness (QED) is 0.587. The SMILES string of the molecule is [2H]C([2H])([2H])Oc1cc(F)c([N+](=O)[O-])cc1OC([2H])([2H])c1c(OC([2H])([2H])[2H])ccc(F)c1F. The third-order valence-corrected chi connectivity index (χ3v) is 2.75. The van der Waals surface area contributed by atoms with Crippen molar-refractivity contribution in [3.05, 3.63) is 57.4 Å². The van der Waals surface area contributed by atoms with E-state index >= 15 is 0 Å². The topological polar surface area (TPSA) is 70.8 Å². The Kier molecular flexibility index (Phi) is 2.76. The Morgan fingerprint density at radius 3 is 2.50 bits per heavy atom. The van der Waals surface area contributed by atoms with Crippen molar-refractivity contribution in [3.63, 3.8) is 0 Å². The molecule has 0 aromatic heterocycles. The van der Waals surface area contributed by atoms with Crippen LogP contribution in [0.15, 0.2) is 24.3 Å². The van der Waals surface area contributed by atoms with E-state index in [1.54, 1.807) is 0 Å². The van der Waals surface area contributed by atoms with Gasteiger partial charge in [0.05, 0.1) is 41.6 Å². The lowest BCUT2D eigenvalue weighted by Gasteiger charge is -2.13. The number of rotatable bonds is 6. The van der Waals surface area contributed by atoms with Gasteiger partial charge >= 0.3 is 5.69 Å². The minimum Gasteiger partial charge on any atom is -0.496 e. The molecule has 2 rings (SSSR count). The Morgan fingerprint density at radius 1 is 1.12 bits per heavy atom. The van der Waals surface area contributed by atoms with Crippen LogP contribution in [0.2, 0.25) is 0 Å². The molecule has 0 saturated carbocycles. The summed E-state index contributed by atoms with van der Waals surface area (Å²) in [6.45, 7) is -3.52. The average molecular weight is 351 g/mol. The minimum absolute atomic E-state index is 0.220. The third kappa shape index (κ3) is 3.34. The van der Waals surface area contributed by atoms with Crippen LogP contribution in [0.1, 0.15) is 16.5 Å². The molecule has 0 bridgehead atoms. The number of ether oxygens (including phenoxy) is 3. The van der Waals surface area contributed by atoms with Gasteiger partial charge in [-0.15, -0.1) is 0 Å². The first-order valence-corrected chi connectivity index (χ1v) is 5.95. The molecule has 0 unspecified atom stereocenters. The summed E-state index contributed by atoms with van der Waals surface area (Å²) in [5.74, 6) is -8.25. The summed E-state index contributed by atoms with van der Waals surface area (Å²) in [5.41, 5.74) is -2.69. The van der Waals surface area contributed by atoms with Crippen LogP contribution in [0.25, 0.3) is 0 Å². The van der Waals surface area contributed by atoms with Crippen LogP contribution >= 0.6 is 0 Å². The largest absolute Gasteiger partial charge is 0.496 e. The third-order valence-electron chi connectivity index (χ3n) is 2.75. The summed E-state index contributed by atoms with van der Waals surface area (Å²) in [6, 6.07) is 1.52. The molecule has 0 radical (unpaired) electrons. The minimum atomic E-state index is -3.52. The van der Waals surface area contributed by atoms with E-state index < -0.39 is 71.5 Å². The van der Waals surface area contributed by atoms with E-state index in [0.717, 1.165) is 0 Å². The van der Waals surface area contributed by atoms with Crippen LogP contribution in [0, 0.1) is 27.6 Å². The fourth-order valence-electron chi connectivity index (χ4n) is 1.64. The summed E-state index contributed by atoms with van der Waals surface area (Å²) in [7, 11) is -6.47. The van der Waals surface area contributed by atoms with Crippen LogP contribution < -0.4 is 14.2 Å². The number of nitrogens with zero attached hydrogens (tertiary/aromatic N) is 1. The van der Waals surface area contributed by atoms with Gasteiger partial charge in [-0.3, -0.25) is 10.1 Å². The second kappa shape index (κ2) is 7.07. The molecule has 24 heavy (non-hydrogen) atoms. The van der Waals surface area contributed by atoms with Gasteiger partial charge in [0.15, 0.2) is 23.1 Å². The van der Waals surface area contributed by atoms with Gasteiger partial charge in [-0.25, -0.2) is 8.78 Å².